The van der Waals surface area contributed by atoms with Crippen LogP contribution in [-0.2, 0) is 6.54 Å². The van der Waals surface area contributed by atoms with Gasteiger partial charge < -0.3 is 4.52 Å². The van der Waals surface area contributed by atoms with Gasteiger partial charge in [0.2, 0.25) is 0 Å². The lowest BCUT2D eigenvalue weighted by atomic mass is 9.99. The van der Waals surface area contributed by atoms with Crippen molar-refractivity contribution in [3.05, 3.63) is 34.1 Å². The van der Waals surface area contributed by atoms with Gasteiger partial charge in [0.1, 0.15) is 11.5 Å². The normalized spacial score (nSPS) is 21.3. The van der Waals surface area contributed by atoms with E-state index in [1.54, 1.807) is 11.3 Å². The Hall–Kier alpha value is -1.20. The van der Waals surface area contributed by atoms with E-state index in [1.807, 2.05) is 12.4 Å². The highest BCUT2D eigenvalue weighted by Crippen LogP contribution is 2.31. The fourth-order valence-corrected chi connectivity index (χ4v) is 3.13. The molecule has 2 aromatic rings. The van der Waals surface area contributed by atoms with Gasteiger partial charge in [-0.3, -0.25) is 4.90 Å². The van der Waals surface area contributed by atoms with Gasteiger partial charge in [0, 0.05) is 18.0 Å². The summed E-state index contributed by atoms with van der Waals surface area (Å²) in [6.07, 6.45) is 3.69. The molecule has 96 valence electrons. The molecule has 1 saturated heterocycles. The van der Waals surface area contributed by atoms with Crippen LogP contribution in [0.25, 0.3) is 0 Å². The largest absolute Gasteiger partial charge is 0.361 e. The summed E-state index contributed by atoms with van der Waals surface area (Å²) in [7, 11) is 0. The molecule has 0 saturated carbocycles. The van der Waals surface area contributed by atoms with Gasteiger partial charge >= 0.3 is 0 Å². The first kappa shape index (κ1) is 11.9. The Bertz CT molecular complexity index is 494. The molecule has 18 heavy (non-hydrogen) atoms. The smallest absolute Gasteiger partial charge is 0.133 e. The first-order valence-corrected chi connectivity index (χ1v) is 7.31. The summed E-state index contributed by atoms with van der Waals surface area (Å²) in [5.41, 5.74) is 4.13. The second-order valence-electron chi connectivity index (χ2n) is 4.82. The van der Waals surface area contributed by atoms with Gasteiger partial charge in [-0.2, -0.15) is 0 Å². The average Bonchev–Trinajstić information content (AvgIpc) is 3.02. The van der Waals surface area contributed by atoms with Crippen molar-refractivity contribution in [1.82, 2.24) is 15.0 Å². The van der Waals surface area contributed by atoms with E-state index in [0.29, 0.717) is 6.04 Å². The maximum absolute atomic E-state index is 5.21. The molecule has 0 spiro atoms. The minimum absolute atomic E-state index is 0.387. The third kappa shape index (κ3) is 2.47. The minimum Gasteiger partial charge on any atom is -0.361 e. The van der Waals surface area contributed by atoms with Gasteiger partial charge in [-0.15, -0.1) is 11.3 Å². The highest BCUT2D eigenvalue weighted by atomic mass is 32.1. The van der Waals surface area contributed by atoms with Crippen LogP contribution in [0.15, 0.2) is 21.5 Å². The zero-order valence-electron chi connectivity index (χ0n) is 10.5. The molecule has 1 aliphatic heterocycles. The van der Waals surface area contributed by atoms with E-state index in [1.165, 1.54) is 12.8 Å². The standard InChI is InChI=1S/C13H17N3OS/c1-10-6-12(15-17-10)13-4-2-3-5-16(13)7-11-8-18-9-14-11/h6,8-9,13H,2-5,7H2,1H3/t13-/m1/s1. The number of nitrogens with zero attached hydrogens (tertiary/aromatic N) is 3. The number of aromatic nitrogens is 2. The van der Waals surface area contributed by atoms with Gasteiger partial charge in [-0.25, -0.2) is 4.98 Å². The average molecular weight is 263 g/mol. The fourth-order valence-electron chi connectivity index (χ4n) is 2.58. The van der Waals surface area contributed by atoms with Crippen LogP contribution in [0.4, 0.5) is 0 Å². The molecule has 0 bridgehead atoms. The van der Waals surface area contributed by atoms with E-state index >= 15 is 0 Å². The van der Waals surface area contributed by atoms with Gasteiger partial charge in [-0.05, 0) is 26.3 Å². The van der Waals surface area contributed by atoms with Crippen LogP contribution in [0.1, 0.15) is 42.5 Å². The van der Waals surface area contributed by atoms with E-state index in [9.17, 15) is 0 Å². The molecule has 3 heterocycles. The first-order valence-electron chi connectivity index (χ1n) is 6.37. The highest BCUT2D eigenvalue weighted by Gasteiger charge is 2.26. The number of rotatable bonds is 3. The quantitative estimate of drug-likeness (QED) is 0.853. The molecule has 5 heteroatoms. The van der Waals surface area contributed by atoms with Crippen LogP contribution < -0.4 is 0 Å². The van der Waals surface area contributed by atoms with Crippen LogP contribution in [0.2, 0.25) is 0 Å². The molecular formula is C13H17N3OS. The number of hydrogen-bond donors (Lipinski definition) is 0. The van der Waals surface area contributed by atoms with E-state index in [0.717, 1.165) is 36.7 Å². The first-order chi connectivity index (χ1) is 8.83. The summed E-state index contributed by atoms with van der Waals surface area (Å²) < 4.78 is 5.21. The lowest BCUT2D eigenvalue weighted by Crippen LogP contribution is -2.33. The molecule has 0 aliphatic carbocycles. The van der Waals surface area contributed by atoms with Crippen molar-refractivity contribution in [3.8, 4) is 0 Å². The zero-order valence-corrected chi connectivity index (χ0v) is 11.3. The lowest BCUT2D eigenvalue weighted by Gasteiger charge is -2.33. The maximum atomic E-state index is 5.21. The van der Waals surface area contributed by atoms with Gasteiger partial charge in [0.25, 0.3) is 0 Å². The Balaban J connectivity index is 1.77. The van der Waals surface area contributed by atoms with Crippen LogP contribution >= 0.6 is 11.3 Å². The second-order valence-corrected chi connectivity index (χ2v) is 5.54. The van der Waals surface area contributed by atoms with Crippen LogP contribution in [0.5, 0.6) is 0 Å². The van der Waals surface area contributed by atoms with Crippen molar-refractivity contribution in [2.75, 3.05) is 6.54 Å². The molecule has 0 aromatic carbocycles. The van der Waals surface area contributed by atoms with Gasteiger partial charge in [0.05, 0.1) is 17.2 Å². The molecule has 0 radical (unpaired) electrons. The third-order valence-electron chi connectivity index (χ3n) is 3.45. The monoisotopic (exact) mass is 263 g/mol. The lowest BCUT2D eigenvalue weighted by molar-refractivity contribution is 0.132. The molecule has 0 N–H and O–H groups in total. The zero-order chi connectivity index (χ0) is 12.4. The minimum atomic E-state index is 0.387. The van der Waals surface area contributed by atoms with E-state index in [4.69, 9.17) is 4.52 Å². The summed E-state index contributed by atoms with van der Waals surface area (Å²) in [6, 6.07) is 2.45. The number of piperidine rings is 1. The molecular weight excluding hydrogens is 246 g/mol. The summed E-state index contributed by atoms with van der Waals surface area (Å²) in [5.74, 6) is 0.893. The summed E-state index contributed by atoms with van der Waals surface area (Å²) in [5, 5.41) is 6.31. The van der Waals surface area contributed by atoms with E-state index < -0.39 is 0 Å². The Morgan fingerprint density at radius 3 is 3.17 bits per heavy atom. The van der Waals surface area contributed by atoms with Crippen molar-refractivity contribution >= 4 is 11.3 Å². The van der Waals surface area contributed by atoms with Crippen LogP contribution in [0, 0.1) is 6.92 Å². The Morgan fingerprint density at radius 2 is 2.44 bits per heavy atom. The molecule has 0 amide bonds. The van der Waals surface area contributed by atoms with E-state index in [2.05, 4.69) is 26.5 Å². The Morgan fingerprint density at radius 1 is 1.50 bits per heavy atom. The number of aryl methyl sites for hydroxylation is 1. The van der Waals surface area contributed by atoms with E-state index in [-0.39, 0.29) is 0 Å². The Kier molecular flexibility index (Phi) is 3.43. The second kappa shape index (κ2) is 5.20. The predicted molar refractivity (Wildman–Crippen MR) is 70.4 cm³/mol. The number of hydrogen-bond acceptors (Lipinski definition) is 5. The van der Waals surface area contributed by atoms with Crippen molar-refractivity contribution in [3.63, 3.8) is 0 Å². The van der Waals surface area contributed by atoms with Crippen LogP contribution in [-0.4, -0.2) is 21.6 Å². The molecule has 2 aromatic heterocycles. The third-order valence-corrected chi connectivity index (χ3v) is 4.09. The summed E-state index contributed by atoms with van der Waals surface area (Å²) in [6.45, 7) is 3.98. The van der Waals surface area contributed by atoms with Crippen molar-refractivity contribution in [2.24, 2.45) is 0 Å². The molecule has 0 unspecified atom stereocenters. The molecule has 3 rings (SSSR count). The summed E-state index contributed by atoms with van der Waals surface area (Å²) in [4.78, 5) is 6.84. The SMILES string of the molecule is Cc1cc([C@H]2CCCCN2Cc2cscn2)no1. The van der Waals surface area contributed by atoms with Crippen molar-refractivity contribution in [1.29, 1.82) is 0 Å². The van der Waals surface area contributed by atoms with Crippen molar-refractivity contribution in [2.45, 2.75) is 38.8 Å². The Labute approximate surface area is 111 Å². The molecule has 4 nitrogen and oxygen atoms in total. The molecule has 1 fully saturated rings. The fraction of sp³-hybridized carbons (Fsp3) is 0.538. The van der Waals surface area contributed by atoms with Crippen molar-refractivity contribution < 1.29 is 4.52 Å². The number of thiazole rings is 1. The number of likely N-dealkylation sites (tertiary alicyclic amines) is 1. The van der Waals surface area contributed by atoms with Crippen LogP contribution in [0.3, 0.4) is 0 Å². The molecule has 1 atom stereocenters. The van der Waals surface area contributed by atoms with Gasteiger partial charge in [-0.1, -0.05) is 11.6 Å². The predicted octanol–water partition coefficient (Wildman–Crippen LogP) is 3.17. The van der Waals surface area contributed by atoms with Gasteiger partial charge in [0.15, 0.2) is 0 Å². The highest BCUT2D eigenvalue weighted by molar-refractivity contribution is 7.07. The topological polar surface area (TPSA) is 42.2 Å². The molecule has 1 aliphatic rings. The maximum Gasteiger partial charge on any atom is 0.133 e. The summed E-state index contributed by atoms with van der Waals surface area (Å²) >= 11 is 1.66.